The molecule has 0 atom stereocenters. The van der Waals surface area contributed by atoms with Crippen molar-refractivity contribution in [1.82, 2.24) is 10.1 Å². The number of benzene rings is 1. The standard InChI is InChI=1S/C10H4F4N2O3/c11-6-2-1-4(10(12,13)14)3-5(6)8-15-7(9(17)18)16-19-8/h1-3H,(H,17,18). The second-order valence-corrected chi connectivity index (χ2v) is 3.42. The second-order valence-electron chi connectivity index (χ2n) is 3.42. The molecule has 19 heavy (non-hydrogen) atoms. The van der Waals surface area contributed by atoms with Crippen LogP contribution in [0.2, 0.25) is 0 Å². The van der Waals surface area contributed by atoms with Gasteiger partial charge in [0.2, 0.25) is 0 Å². The molecule has 0 fully saturated rings. The van der Waals surface area contributed by atoms with Crippen LogP contribution >= 0.6 is 0 Å². The Kier molecular flexibility index (Phi) is 2.97. The van der Waals surface area contributed by atoms with Crippen LogP contribution in [0.5, 0.6) is 0 Å². The SMILES string of the molecule is O=C(O)c1noc(-c2cc(C(F)(F)F)ccc2F)n1. The van der Waals surface area contributed by atoms with Gasteiger partial charge in [0.25, 0.3) is 11.7 Å². The summed E-state index contributed by atoms with van der Waals surface area (Å²) in [6, 6.07) is 1.60. The fraction of sp³-hybridized carbons (Fsp3) is 0.100. The lowest BCUT2D eigenvalue weighted by molar-refractivity contribution is -0.137. The molecular formula is C10H4F4N2O3. The molecule has 9 heteroatoms. The number of carbonyl (C=O) groups is 1. The Labute approximate surface area is 102 Å². The van der Waals surface area contributed by atoms with Gasteiger partial charge in [-0.25, -0.2) is 9.18 Å². The molecular weight excluding hydrogens is 272 g/mol. The first-order valence-electron chi connectivity index (χ1n) is 4.73. The third-order valence-electron chi connectivity index (χ3n) is 2.14. The molecule has 0 spiro atoms. The maximum absolute atomic E-state index is 13.4. The molecule has 2 aromatic rings. The first-order valence-corrected chi connectivity index (χ1v) is 4.73. The summed E-state index contributed by atoms with van der Waals surface area (Å²) in [5.74, 6) is -3.98. The summed E-state index contributed by atoms with van der Waals surface area (Å²) >= 11 is 0. The van der Waals surface area contributed by atoms with Crippen LogP contribution in [0, 0.1) is 5.82 Å². The molecule has 0 bridgehead atoms. The lowest BCUT2D eigenvalue weighted by Gasteiger charge is -2.07. The van der Waals surface area contributed by atoms with E-state index in [0.717, 1.165) is 0 Å². The van der Waals surface area contributed by atoms with E-state index in [-0.39, 0.29) is 0 Å². The van der Waals surface area contributed by atoms with E-state index in [2.05, 4.69) is 14.7 Å². The minimum absolute atomic E-state index is 0.467. The van der Waals surface area contributed by atoms with Gasteiger partial charge in [-0.15, -0.1) is 0 Å². The summed E-state index contributed by atoms with van der Waals surface area (Å²) in [4.78, 5) is 13.8. The summed E-state index contributed by atoms with van der Waals surface area (Å²) in [5.41, 5.74) is -1.73. The fourth-order valence-electron chi connectivity index (χ4n) is 1.29. The number of aromatic carboxylic acids is 1. The molecule has 1 aromatic heterocycles. The molecule has 1 N–H and O–H groups in total. The topological polar surface area (TPSA) is 76.2 Å². The van der Waals surface area contributed by atoms with Gasteiger partial charge in [-0.3, -0.25) is 0 Å². The van der Waals surface area contributed by atoms with E-state index >= 15 is 0 Å². The van der Waals surface area contributed by atoms with E-state index in [1.807, 2.05) is 0 Å². The van der Waals surface area contributed by atoms with Crippen molar-refractivity contribution in [2.24, 2.45) is 0 Å². The summed E-state index contributed by atoms with van der Waals surface area (Å²) in [6.07, 6.45) is -4.67. The molecule has 0 radical (unpaired) electrons. The van der Waals surface area contributed by atoms with Crippen molar-refractivity contribution in [3.8, 4) is 11.5 Å². The van der Waals surface area contributed by atoms with Gasteiger partial charge in [-0.2, -0.15) is 18.2 Å². The van der Waals surface area contributed by atoms with Gasteiger partial charge < -0.3 is 9.63 Å². The van der Waals surface area contributed by atoms with Gasteiger partial charge in [0.1, 0.15) is 5.82 Å². The molecule has 0 aliphatic heterocycles. The predicted octanol–water partition coefficient (Wildman–Crippen LogP) is 2.59. The number of carboxylic acid groups (broad SMARTS) is 1. The molecule has 0 unspecified atom stereocenters. The van der Waals surface area contributed by atoms with Crippen molar-refractivity contribution in [3.63, 3.8) is 0 Å². The lowest BCUT2D eigenvalue weighted by Crippen LogP contribution is -2.05. The third-order valence-corrected chi connectivity index (χ3v) is 2.14. The minimum Gasteiger partial charge on any atom is -0.475 e. The van der Waals surface area contributed by atoms with Crippen molar-refractivity contribution in [2.75, 3.05) is 0 Å². The van der Waals surface area contributed by atoms with Crippen molar-refractivity contribution >= 4 is 5.97 Å². The number of nitrogens with zero attached hydrogens (tertiary/aromatic N) is 2. The third kappa shape index (κ3) is 2.54. The summed E-state index contributed by atoms with van der Waals surface area (Å²) in [6.45, 7) is 0. The van der Waals surface area contributed by atoms with Crippen molar-refractivity contribution in [3.05, 3.63) is 35.4 Å². The molecule has 0 saturated carbocycles. The highest BCUT2D eigenvalue weighted by Gasteiger charge is 2.32. The van der Waals surface area contributed by atoms with E-state index in [1.54, 1.807) is 0 Å². The average molecular weight is 276 g/mol. The van der Waals surface area contributed by atoms with E-state index < -0.39 is 40.8 Å². The molecule has 0 aliphatic carbocycles. The Hall–Kier alpha value is -2.45. The highest BCUT2D eigenvalue weighted by atomic mass is 19.4. The van der Waals surface area contributed by atoms with Gasteiger partial charge in [-0.1, -0.05) is 0 Å². The number of carboxylic acids is 1. The average Bonchev–Trinajstić information content (AvgIpc) is 2.77. The van der Waals surface area contributed by atoms with Crippen LogP contribution in [0.15, 0.2) is 22.7 Å². The molecule has 0 amide bonds. The van der Waals surface area contributed by atoms with Gasteiger partial charge in [0.05, 0.1) is 11.1 Å². The summed E-state index contributed by atoms with van der Waals surface area (Å²) in [7, 11) is 0. The van der Waals surface area contributed by atoms with Crippen molar-refractivity contribution in [1.29, 1.82) is 0 Å². The quantitative estimate of drug-likeness (QED) is 0.853. The number of rotatable bonds is 2. The maximum Gasteiger partial charge on any atom is 0.416 e. The monoisotopic (exact) mass is 276 g/mol. The van der Waals surface area contributed by atoms with Crippen LogP contribution in [0.25, 0.3) is 11.5 Å². The van der Waals surface area contributed by atoms with Crippen LogP contribution in [-0.4, -0.2) is 21.2 Å². The minimum atomic E-state index is -4.67. The molecule has 1 aromatic carbocycles. The predicted molar refractivity (Wildman–Crippen MR) is 51.7 cm³/mol. The zero-order chi connectivity index (χ0) is 14.2. The number of alkyl halides is 3. The largest absolute Gasteiger partial charge is 0.475 e. The summed E-state index contributed by atoms with van der Waals surface area (Å²) < 4.78 is 55.2. The van der Waals surface area contributed by atoms with Crippen molar-refractivity contribution in [2.45, 2.75) is 6.18 Å². The number of aromatic nitrogens is 2. The Balaban J connectivity index is 2.51. The van der Waals surface area contributed by atoms with Crippen LogP contribution in [0.4, 0.5) is 17.6 Å². The number of hydrogen-bond acceptors (Lipinski definition) is 4. The van der Waals surface area contributed by atoms with E-state index in [4.69, 9.17) is 5.11 Å². The normalized spacial score (nSPS) is 11.6. The summed E-state index contributed by atoms with van der Waals surface area (Å²) in [5, 5.41) is 11.5. The van der Waals surface area contributed by atoms with Crippen LogP contribution in [0.3, 0.4) is 0 Å². The van der Waals surface area contributed by atoms with Crippen molar-refractivity contribution < 1.29 is 32.0 Å². The Morgan fingerprint density at radius 1 is 1.32 bits per heavy atom. The van der Waals surface area contributed by atoms with Crippen LogP contribution < -0.4 is 0 Å². The maximum atomic E-state index is 13.4. The highest BCUT2D eigenvalue weighted by molar-refractivity contribution is 5.83. The highest BCUT2D eigenvalue weighted by Crippen LogP contribution is 2.33. The van der Waals surface area contributed by atoms with Gasteiger partial charge in [-0.05, 0) is 23.4 Å². The Morgan fingerprint density at radius 3 is 2.53 bits per heavy atom. The Bertz CT molecular complexity index is 636. The smallest absolute Gasteiger partial charge is 0.416 e. The zero-order valence-corrected chi connectivity index (χ0v) is 8.90. The van der Waals surface area contributed by atoms with Gasteiger partial charge >= 0.3 is 12.1 Å². The molecule has 0 saturated heterocycles. The zero-order valence-electron chi connectivity index (χ0n) is 8.90. The van der Waals surface area contributed by atoms with Crippen LogP contribution in [-0.2, 0) is 6.18 Å². The molecule has 2 rings (SSSR count). The number of halogens is 4. The second kappa shape index (κ2) is 4.34. The lowest BCUT2D eigenvalue weighted by atomic mass is 10.1. The van der Waals surface area contributed by atoms with E-state index in [9.17, 15) is 22.4 Å². The van der Waals surface area contributed by atoms with E-state index in [0.29, 0.717) is 18.2 Å². The fourth-order valence-corrected chi connectivity index (χ4v) is 1.29. The molecule has 1 heterocycles. The Morgan fingerprint density at radius 2 is 2.00 bits per heavy atom. The first kappa shape index (κ1) is 13.0. The molecule has 100 valence electrons. The number of hydrogen-bond donors (Lipinski definition) is 1. The van der Waals surface area contributed by atoms with Gasteiger partial charge in [0.15, 0.2) is 0 Å². The van der Waals surface area contributed by atoms with Gasteiger partial charge in [0, 0.05) is 0 Å². The van der Waals surface area contributed by atoms with E-state index in [1.165, 1.54) is 0 Å². The van der Waals surface area contributed by atoms with Crippen LogP contribution in [0.1, 0.15) is 16.2 Å². The first-order chi connectivity index (χ1) is 8.79. The molecule has 0 aliphatic rings. The molecule has 5 nitrogen and oxygen atoms in total.